The predicted octanol–water partition coefficient (Wildman–Crippen LogP) is 3.21. The van der Waals surface area contributed by atoms with Gasteiger partial charge in [0.25, 0.3) is 0 Å². The summed E-state index contributed by atoms with van der Waals surface area (Å²) in [6.07, 6.45) is 2.46. The molecule has 1 aromatic heterocycles. The van der Waals surface area contributed by atoms with Crippen molar-refractivity contribution in [3.63, 3.8) is 0 Å². The molecule has 3 heteroatoms. The standard InChI is InChI=1S/C12H21NOS/c1-4-7-13-12(11(5-2)14-3)10-6-8-15-9-10/h6,8-9,11-13H,4-5,7H2,1-3H3. The van der Waals surface area contributed by atoms with Crippen molar-refractivity contribution in [1.82, 2.24) is 5.32 Å². The molecule has 1 rings (SSSR count). The summed E-state index contributed by atoms with van der Waals surface area (Å²) in [5, 5.41) is 7.88. The number of ether oxygens (including phenoxy) is 1. The minimum absolute atomic E-state index is 0.270. The second-order valence-corrected chi connectivity index (χ2v) is 4.45. The average Bonchev–Trinajstić information content (AvgIpc) is 2.77. The number of nitrogens with one attached hydrogen (secondary N) is 1. The first-order valence-electron chi connectivity index (χ1n) is 5.61. The second kappa shape index (κ2) is 6.99. The Bertz CT molecular complexity index is 244. The Labute approximate surface area is 96.7 Å². The molecule has 0 saturated carbocycles. The van der Waals surface area contributed by atoms with Crippen molar-refractivity contribution in [2.75, 3.05) is 13.7 Å². The fourth-order valence-electron chi connectivity index (χ4n) is 1.75. The molecule has 0 aliphatic carbocycles. The molecule has 86 valence electrons. The largest absolute Gasteiger partial charge is 0.379 e. The molecule has 0 bridgehead atoms. The Morgan fingerprint density at radius 3 is 2.73 bits per heavy atom. The molecular weight excluding hydrogens is 206 g/mol. The quantitative estimate of drug-likeness (QED) is 0.772. The molecule has 15 heavy (non-hydrogen) atoms. The van der Waals surface area contributed by atoms with Gasteiger partial charge in [-0.05, 0) is 41.8 Å². The van der Waals surface area contributed by atoms with Crippen LogP contribution in [-0.2, 0) is 4.74 Å². The zero-order valence-electron chi connectivity index (χ0n) is 9.82. The van der Waals surface area contributed by atoms with Crippen LogP contribution in [0.15, 0.2) is 16.8 Å². The Morgan fingerprint density at radius 1 is 1.47 bits per heavy atom. The highest BCUT2D eigenvalue weighted by atomic mass is 32.1. The van der Waals surface area contributed by atoms with Gasteiger partial charge < -0.3 is 10.1 Å². The van der Waals surface area contributed by atoms with Gasteiger partial charge in [-0.25, -0.2) is 0 Å². The molecule has 0 aliphatic heterocycles. The number of thiophene rings is 1. The molecule has 0 amide bonds. The van der Waals surface area contributed by atoms with Crippen molar-refractivity contribution in [2.45, 2.75) is 38.8 Å². The molecule has 0 radical (unpaired) electrons. The first kappa shape index (κ1) is 12.7. The minimum Gasteiger partial charge on any atom is -0.379 e. The van der Waals surface area contributed by atoms with Crippen LogP contribution in [-0.4, -0.2) is 19.8 Å². The van der Waals surface area contributed by atoms with E-state index in [1.165, 1.54) is 5.56 Å². The van der Waals surface area contributed by atoms with Crippen LogP contribution in [0, 0.1) is 0 Å². The van der Waals surface area contributed by atoms with E-state index in [0.29, 0.717) is 6.04 Å². The Balaban J connectivity index is 2.68. The van der Waals surface area contributed by atoms with E-state index in [1.54, 1.807) is 18.4 Å². The highest BCUT2D eigenvalue weighted by Crippen LogP contribution is 2.23. The molecule has 1 aromatic rings. The fourth-order valence-corrected chi connectivity index (χ4v) is 2.45. The van der Waals surface area contributed by atoms with E-state index in [0.717, 1.165) is 19.4 Å². The summed E-state index contributed by atoms with van der Waals surface area (Å²) in [6.45, 7) is 5.40. The summed E-state index contributed by atoms with van der Waals surface area (Å²) < 4.78 is 5.52. The lowest BCUT2D eigenvalue weighted by Gasteiger charge is -2.25. The third-order valence-corrected chi connectivity index (χ3v) is 3.29. The van der Waals surface area contributed by atoms with Crippen LogP contribution in [0.1, 0.15) is 38.3 Å². The molecule has 0 aromatic carbocycles. The maximum Gasteiger partial charge on any atom is 0.0763 e. The summed E-state index contributed by atoms with van der Waals surface area (Å²) in [6, 6.07) is 2.52. The summed E-state index contributed by atoms with van der Waals surface area (Å²) in [5.41, 5.74) is 1.35. The van der Waals surface area contributed by atoms with Gasteiger partial charge in [0.05, 0.1) is 12.1 Å². The molecule has 0 fully saturated rings. The van der Waals surface area contributed by atoms with Gasteiger partial charge in [-0.3, -0.25) is 0 Å². The highest BCUT2D eigenvalue weighted by molar-refractivity contribution is 7.07. The van der Waals surface area contributed by atoms with Crippen LogP contribution in [0.3, 0.4) is 0 Å². The van der Waals surface area contributed by atoms with Gasteiger partial charge in [-0.2, -0.15) is 11.3 Å². The van der Waals surface area contributed by atoms with Gasteiger partial charge in [-0.15, -0.1) is 0 Å². The van der Waals surface area contributed by atoms with E-state index in [4.69, 9.17) is 4.74 Å². The summed E-state index contributed by atoms with van der Waals surface area (Å²) in [5.74, 6) is 0. The molecular formula is C12H21NOS. The molecule has 2 atom stereocenters. The summed E-state index contributed by atoms with van der Waals surface area (Å²) in [7, 11) is 1.79. The zero-order valence-corrected chi connectivity index (χ0v) is 10.6. The van der Waals surface area contributed by atoms with Crippen LogP contribution in [0.5, 0.6) is 0 Å². The number of methoxy groups -OCH3 is 1. The normalized spacial score (nSPS) is 15.1. The van der Waals surface area contributed by atoms with Gasteiger partial charge in [0.15, 0.2) is 0 Å². The molecule has 0 spiro atoms. The van der Waals surface area contributed by atoms with Crippen molar-refractivity contribution in [2.24, 2.45) is 0 Å². The van der Waals surface area contributed by atoms with E-state index in [2.05, 4.69) is 36.0 Å². The van der Waals surface area contributed by atoms with E-state index in [-0.39, 0.29) is 6.10 Å². The minimum atomic E-state index is 0.270. The third-order valence-electron chi connectivity index (χ3n) is 2.59. The van der Waals surface area contributed by atoms with E-state index in [1.807, 2.05) is 0 Å². The SMILES string of the molecule is CCCNC(c1ccsc1)C(CC)OC. The maximum atomic E-state index is 5.52. The lowest BCUT2D eigenvalue weighted by molar-refractivity contribution is 0.0652. The lowest BCUT2D eigenvalue weighted by Crippen LogP contribution is -2.33. The Kier molecular flexibility index (Phi) is 5.91. The van der Waals surface area contributed by atoms with Crippen LogP contribution in [0.2, 0.25) is 0 Å². The monoisotopic (exact) mass is 227 g/mol. The smallest absolute Gasteiger partial charge is 0.0763 e. The molecule has 0 saturated heterocycles. The fraction of sp³-hybridized carbons (Fsp3) is 0.667. The Hall–Kier alpha value is -0.380. The van der Waals surface area contributed by atoms with Gasteiger partial charge in [0.2, 0.25) is 0 Å². The van der Waals surface area contributed by atoms with Crippen molar-refractivity contribution in [1.29, 1.82) is 0 Å². The predicted molar refractivity (Wildman–Crippen MR) is 66.4 cm³/mol. The van der Waals surface area contributed by atoms with Crippen molar-refractivity contribution < 1.29 is 4.74 Å². The molecule has 1 N–H and O–H groups in total. The topological polar surface area (TPSA) is 21.3 Å². The van der Waals surface area contributed by atoms with Gasteiger partial charge in [-0.1, -0.05) is 13.8 Å². The van der Waals surface area contributed by atoms with E-state index in [9.17, 15) is 0 Å². The van der Waals surface area contributed by atoms with Crippen LogP contribution >= 0.6 is 11.3 Å². The zero-order chi connectivity index (χ0) is 11.1. The van der Waals surface area contributed by atoms with Crippen molar-refractivity contribution >= 4 is 11.3 Å². The van der Waals surface area contributed by atoms with E-state index >= 15 is 0 Å². The van der Waals surface area contributed by atoms with Gasteiger partial charge >= 0.3 is 0 Å². The number of rotatable bonds is 7. The highest BCUT2D eigenvalue weighted by Gasteiger charge is 2.20. The van der Waals surface area contributed by atoms with Gasteiger partial charge in [0, 0.05) is 7.11 Å². The van der Waals surface area contributed by atoms with Crippen molar-refractivity contribution in [3.8, 4) is 0 Å². The second-order valence-electron chi connectivity index (χ2n) is 3.67. The van der Waals surface area contributed by atoms with Crippen LogP contribution < -0.4 is 5.32 Å². The number of hydrogen-bond donors (Lipinski definition) is 1. The van der Waals surface area contributed by atoms with Crippen molar-refractivity contribution in [3.05, 3.63) is 22.4 Å². The summed E-state index contributed by atoms with van der Waals surface area (Å²) in [4.78, 5) is 0. The lowest BCUT2D eigenvalue weighted by atomic mass is 10.0. The average molecular weight is 227 g/mol. The molecule has 0 aliphatic rings. The molecule has 1 heterocycles. The van der Waals surface area contributed by atoms with Gasteiger partial charge in [0.1, 0.15) is 0 Å². The Morgan fingerprint density at radius 2 is 2.27 bits per heavy atom. The first-order valence-corrected chi connectivity index (χ1v) is 6.56. The third kappa shape index (κ3) is 3.59. The summed E-state index contributed by atoms with van der Waals surface area (Å²) >= 11 is 1.74. The van der Waals surface area contributed by atoms with E-state index < -0.39 is 0 Å². The first-order chi connectivity index (χ1) is 7.33. The van der Waals surface area contributed by atoms with Crippen LogP contribution in [0.25, 0.3) is 0 Å². The molecule has 2 unspecified atom stereocenters. The van der Waals surface area contributed by atoms with Crippen LogP contribution in [0.4, 0.5) is 0 Å². The maximum absolute atomic E-state index is 5.52. The number of hydrogen-bond acceptors (Lipinski definition) is 3. The molecule has 2 nitrogen and oxygen atoms in total.